The van der Waals surface area contributed by atoms with Crippen LogP contribution in [0.2, 0.25) is 0 Å². The largest absolute Gasteiger partial charge is 0.467 e. The second kappa shape index (κ2) is 6.96. The van der Waals surface area contributed by atoms with Crippen molar-refractivity contribution < 1.29 is 29.0 Å². The molecule has 0 aromatic heterocycles. The molecule has 0 aromatic carbocycles. The first-order chi connectivity index (χ1) is 11.2. The summed E-state index contributed by atoms with van der Waals surface area (Å²) in [6.45, 7) is 5.13. The number of piperidine rings is 1. The van der Waals surface area contributed by atoms with Crippen LogP contribution in [0.5, 0.6) is 0 Å². The summed E-state index contributed by atoms with van der Waals surface area (Å²) in [5, 5.41) is 12.1. The zero-order valence-electron chi connectivity index (χ0n) is 14.6. The lowest BCUT2D eigenvalue weighted by Gasteiger charge is -2.38. The molecule has 2 aliphatic heterocycles. The summed E-state index contributed by atoms with van der Waals surface area (Å²) in [6, 6.07) is -1.66. The Morgan fingerprint density at radius 2 is 2.00 bits per heavy atom. The molecule has 2 N–H and O–H groups in total. The van der Waals surface area contributed by atoms with Crippen LogP contribution < -0.4 is 5.32 Å². The molecule has 4 atom stereocenters. The highest BCUT2D eigenvalue weighted by Gasteiger charge is 2.51. The Kier molecular flexibility index (Phi) is 5.37. The third-order valence-corrected chi connectivity index (χ3v) is 4.47. The van der Waals surface area contributed by atoms with Gasteiger partial charge in [-0.3, -0.25) is 4.79 Å². The fraction of sp³-hybridized carbons (Fsp3) is 0.812. The van der Waals surface area contributed by atoms with Crippen molar-refractivity contribution >= 4 is 18.0 Å². The van der Waals surface area contributed by atoms with Crippen LogP contribution in [0.4, 0.5) is 4.79 Å². The van der Waals surface area contributed by atoms with Crippen LogP contribution in [0, 0.1) is 5.92 Å². The van der Waals surface area contributed by atoms with Gasteiger partial charge >= 0.3 is 12.1 Å². The number of hydrogen-bond donors (Lipinski definition) is 2. The van der Waals surface area contributed by atoms with Gasteiger partial charge in [0.05, 0.1) is 7.11 Å². The maximum Gasteiger partial charge on any atom is 0.408 e. The van der Waals surface area contributed by atoms with Crippen LogP contribution in [-0.2, 0) is 19.1 Å². The van der Waals surface area contributed by atoms with Gasteiger partial charge in [-0.05, 0) is 40.0 Å². The summed E-state index contributed by atoms with van der Waals surface area (Å²) in [5.74, 6) is -0.980. The van der Waals surface area contributed by atoms with Gasteiger partial charge in [-0.1, -0.05) is 0 Å². The Balaban J connectivity index is 2.11. The van der Waals surface area contributed by atoms with Crippen molar-refractivity contribution in [2.24, 2.45) is 5.92 Å². The van der Waals surface area contributed by atoms with Crippen molar-refractivity contribution in [3.63, 3.8) is 0 Å². The molecule has 0 unspecified atom stereocenters. The number of carbonyl (C=O) groups excluding carboxylic acids is 3. The normalized spacial score (nSPS) is 29.9. The van der Waals surface area contributed by atoms with Crippen molar-refractivity contribution in [1.82, 2.24) is 10.2 Å². The zero-order chi connectivity index (χ0) is 18.1. The van der Waals surface area contributed by atoms with E-state index in [9.17, 15) is 19.5 Å². The van der Waals surface area contributed by atoms with E-state index in [-0.39, 0.29) is 24.5 Å². The second-order valence-electron chi connectivity index (χ2n) is 7.31. The highest BCUT2D eigenvalue weighted by Crippen LogP contribution is 2.37. The minimum absolute atomic E-state index is 0.0912. The molecule has 136 valence electrons. The molecule has 0 saturated carbocycles. The van der Waals surface area contributed by atoms with Gasteiger partial charge in [0.1, 0.15) is 17.7 Å². The number of hydrogen-bond acceptors (Lipinski definition) is 6. The fourth-order valence-electron chi connectivity index (χ4n) is 3.47. The summed E-state index contributed by atoms with van der Waals surface area (Å²) < 4.78 is 9.97. The molecule has 0 bridgehead atoms. The standard InChI is InChI=1S/C16H26N2O6/c1-16(2,3)24-15(22)17-10-5-6-11-9(8-19)7-12(14(21)23-4)18(11)13(10)20/h9-12,19H,5-8H2,1-4H3,(H,17,22)/t9-,10-,11+,12-/m0/s1. The number of methoxy groups -OCH3 is 1. The average molecular weight is 342 g/mol. The van der Waals surface area contributed by atoms with E-state index in [0.29, 0.717) is 19.3 Å². The van der Waals surface area contributed by atoms with Gasteiger partial charge in [0.25, 0.3) is 0 Å². The molecule has 2 amide bonds. The molecule has 2 rings (SSSR count). The molecular formula is C16H26N2O6. The van der Waals surface area contributed by atoms with Gasteiger partial charge in [-0.15, -0.1) is 0 Å². The van der Waals surface area contributed by atoms with E-state index in [1.54, 1.807) is 20.8 Å². The number of esters is 1. The molecule has 2 fully saturated rings. The maximum atomic E-state index is 12.8. The molecule has 24 heavy (non-hydrogen) atoms. The van der Waals surface area contributed by atoms with Crippen molar-refractivity contribution in [1.29, 1.82) is 0 Å². The van der Waals surface area contributed by atoms with Gasteiger partial charge in [-0.2, -0.15) is 0 Å². The van der Waals surface area contributed by atoms with Crippen molar-refractivity contribution in [2.75, 3.05) is 13.7 Å². The number of aliphatic hydroxyl groups is 1. The molecule has 2 aliphatic rings. The third-order valence-electron chi connectivity index (χ3n) is 4.47. The lowest BCUT2D eigenvalue weighted by atomic mass is 9.91. The van der Waals surface area contributed by atoms with Crippen LogP contribution in [0.1, 0.15) is 40.0 Å². The number of nitrogens with one attached hydrogen (secondary N) is 1. The van der Waals surface area contributed by atoms with Crippen LogP contribution in [0.15, 0.2) is 0 Å². The van der Waals surface area contributed by atoms with Crippen molar-refractivity contribution in [3.05, 3.63) is 0 Å². The summed E-state index contributed by atoms with van der Waals surface area (Å²) in [5.41, 5.74) is -0.658. The predicted octanol–water partition coefficient (Wildman–Crippen LogP) is 0.424. The minimum Gasteiger partial charge on any atom is -0.467 e. The lowest BCUT2D eigenvalue weighted by molar-refractivity contribution is -0.154. The van der Waals surface area contributed by atoms with Gasteiger partial charge in [-0.25, -0.2) is 9.59 Å². The van der Waals surface area contributed by atoms with Gasteiger partial charge in [0, 0.05) is 18.6 Å². The molecule has 0 spiro atoms. The van der Waals surface area contributed by atoms with Gasteiger partial charge in [0.15, 0.2) is 0 Å². The Bertz CT molecular complexity index is 515. The van der Waals surface area contributed by atoms with E-state index in [2.05, 4.69) is 5.32 Å². The highest BCUT2D eigenvalue weighted by molar-refractivity contribution is 5.91. The van der Waals surface area contributed by atoms with E-state index in [0.717, 1.165) is 0 Å². The van der Waals surface area contributed by atoms with Gasteiger partial charge in [0.2, 0.25) is 5.91 Å². The summed E-state index contributed by atoms with van der Waals surface area (Å²) in [6.07, 6.45) is 0.764. The molecule has 0 aliphatic carbocycles. The Labute approximate surface area is 141 Å². The highest BCUT2D eigenvalue weighted by atomic mass is 16.6. The minimum atomic E-state index is -0.735. The smallest absolute Gasteiger partial charge is 0.408 e. The molecule has 8 heteroatoms. The molecule has 8 nitrogen and oxygen atoms in total. The molecule has 0 radical (unpaired) electrons. The maximum absolute atomic E-state index is 12.8. The Morgan fingerprint density at radius 3 is 2.54 bits per heavy atom. The van der Waals surface area contributed by atoms with Crippen molar-refractivity contribution in [2.45, 2.75) is 63.8 Å². The molecular weight excluding hydrogens is 316 g/mol. The van der Waals surface area contributed by atoms with E-state index in [1.807, 2.05) is 0 Å². The summed E-state index contributed by atoms with van der Waals surface area (Å²) in [4.78, 5) is 38.1. The van der Waals surface area contributed by atoms with Crippen LogP contribution in [-0.4, -0.2) is 65.4 Å². The number of nitrogens with zero attached hydrogens (tertiary/aromatic N) is 1. The Morgan fingerprint density at radius 1 is 1.33 bits per heavy atom. The molecule has 2 saturated heterocycles. The van der Waals surface area contributed by atoms with Gasteiger partial charge < -0.3 is 24.8 Å². The first-order valence-electron chi connectivity index (χ1n) is 8.18. The predicted molar refractivity (Wildman–Crippen MR) is 84.0 cm³/mol. The molecule has 2 heterocycles. The third kappa shape index (κ3) is 3.80. The number of ether oxygens (including phenoxy) is 2. The average Bonchev–Trinajstić information content (AvgIpc) is 2.87. The summed E-state index contributed by atoms with van der Waals surface area (Å²) >= 11 is 0. The van der Waals surface area contributed by atoms with E-state index in [4.69, 9.17) is 9.47 Å². The number of alkyl carbamates (subject to hydrolysis) is 1. The SMILES string of the molecule is COC(=O)[C@@H]1C[C@@H](CO)[C@H]2CC[C@H](NC(=O)OC(C)(C)C)C(=O)N21. The number of rotatable bonds is 3. The van der Waals surface area contributed by atoms with Crippen LogP contribution in [0.25, 0.3) is 0 Å². The van der Waals surface area contributed by atoms with Crippen LogP contribution in [0.3, 0.4) is 0 Å². The zero-order valence-corrected chi connectivity index (χ0v) is 14.6. The van der Waals surface area contributed by atoms with E-state index >= 15 is 0 Å². The lowest BCUT2D eigenvalue weighted by Crippen LogP contribution is -2.58. The quantitative estimate of drug-likeness (QED) is 0.721. The summed E-state index contributed by atoms with van der Waals surface area (Å²) in [7, 11) is 1.27. The van der Waals surface area contributed by atoms with E-state index < -0.39 is 29.7 Å². The second-order valence-corrected chi connectivity index (χ2v) is 7.31. The number of carbonyl (C=O) groups is 3. The Hall–Kier alpha value is -1.83. The first kappa shape index (κ1) is 18.5. The number of amides is 2. The first-order valence-corrected chi connectivity index (χ1v) is 8.18. The van der Waals surface area contributed by atoms with Crippen molar-refractivity contribution in [3.8, 4) is 0 Å². The number of aliphatic hydroxyl groups excluding tert-OH is 1. The monoisotopic (exact) mass is 342 g/mol. The molecule has 0 aromatic rings. The fourth-order valence-corrected chi connectivity index (χ4v) is 3.47. The topological polar surface area (TPSA) is 105 Å². The number of fused-ring (bicyclic) bond motifs is 1. The van der Waals surface area contributed by atoms with E-state index in [1.165, 1.54) is 12.0 Å². The van der Waals surface area contributed by atoms with Crippen LogP contribution >= 0.6 is 0 Å².